The number of carbonyl (C=O) groups excluding carboxylic acids is 2. The van der Waals surface area contributed by atoms with E-state index in [2.05, 4.69) is 20.5 Å². The van der Waals surface area contributed by atoms with Crippen LogP contribution in [0.4, 0.5) is 11.5 Å². The quantitative estimate of drug-likeness (QED) is 0.635. The van der Waals surface area contributed by atoms with Gasteiger partial charge in [-0.25, -0.2) is 4.98 Å². The molecule has 2 heterocycles. The van der Waals surface area contributed by atoms with E-state index in [4.69, 9.17) is 0 Å². The molecule has 0 saturated carbocycles. The fraction of sp³-hybridized carbons (Fsp3) is 0.240. The van der Waals surface area contributed by atoms with E-state index in [1.54, 1.807) is 30.5 Å². The Labute approximate surface area is 182 Å². The van der Waals surface area contributed by atoms with Gasteiger partial charge in [-0.2, -0.15) is 0 Å². The SMILES string of the molecule is Cc1cccc(CNC(=O)c2ccc(C(=O)Nc3ccc(N4CCCC4)nc3)cc2)c1. The first-order chi connectivity index (χ1) is 15.1. The molecule has 0 bridgehead atoms. The average molecular weight is 415 g/mol. The Bertz CT molecular complexity index is 1060. The van der Waals surface area contributed by atoms with Crippen molar-refractivity contribution in [2.75, 3.05) is 23.3 Å². The molecule has 2 aromatic carbocycles. The summed E-state index contributed by atoms with van der Waals surface area (Å²) in [5.41, 5.74) is 3.85. The number of anilines is 2. The molecule has 4 rings (SSSR count). The van der Waals surface area contributed by atoms with E-state index in [1.165, 1.54) is 12.8 Å². The van der Waals surface area contributed by atoms with Gasteiger partial charge in [0.1, 0.15) is 5.82 Å². The first-order valence-corrected chi connectivity index (χ1v) is 10.5. The first-order valence-electron chi connectivity index (χ1n) is 10.5. The molecular formula is C25H26N4O2. The summed E-state index contributed by atoms with van der Waals surface area (Å²) in [5.74, 6) is 0.536. The van der Waals surface area contributed by atoms with Crippen LogP contribution in [0.1, 0.15) is 44.7 Å². The highest BCUT2D eigenvalue weighted by Gasteiger charge is 2.14. The van der Waals surface area contributed by atoms with E-state index in [1.807, 2.05) is 43.3 Å². The summed E-state index contributed by atoms with van der Waals surface area (Å²) in [5, 5.41) is 5.76. The Balaban J connectivity index is 1.32. The largest absolute Gasteiger partial charge is 0.357 e. The molecule has 158 valence electrons. The van der Waals surface area contributed by atoms with Gasteiger partial charge in [-0.15, -0.1) is 0 Å². The molecule has 0 unspecified atom stereocenters. The van der Waals surface area contributed by atoms with Crippen LogP contribution in [0.5, 0.6) is 0 Å². The molecule has 0 atom stereocenters. The number of aryl methyl sites for hydroxylation is 1. The molecule has 1 saturated heterocycles. The van der Waals surface area contributed by atoms with Crippen molar-refractivity contribution in [2.45, 2.75) is 26.3 Å². The predicted molar refractivity (Wildman–Crippen MR) is 122 cm³/mol. The molecule has 0 spiro atoms. The average Bonchev–Trinajstić information content (AvgIpc) is 3.33. The van der Waals surface area contributed by atoms with Crippen LogP contribution in [0.3, 0.4) is 0 Å². The van der Waals surface area contributed by atoms with Crippen molar-refractivity contribution >= 4 is 23.3 Å². The van der Waals surface area contributed by atoms with E-state index in [-0.39, 0.29) is 11.8 Å². The summed E-state index contributed by atoms with van der Waals surface area (Å²) < 4.78 is 0. The van der Waals surface area contributed by atoms with Crippen molar-refractivity contribution in [1.29, 1.82) is 0 Å². The Morgan fingerprint density at radius 1 is 0.935 bits per heavy atom. The van der Waals surface area contributed by atoms with E-state index < -0.39 is 0 Å². The second-order valence-electron chi connectivity index (χ2n) is 7.80. The fourth-order valence-electron chi connectivity index (χ4n) is 3.68. The van der Waals surface area contributed by atoms with E-state index >= 15 is 0 Å². The number of hydrogen-bond acceptors (Lipinski definition) is 4. The number of nitrogens with one attached hydrogen (secondary N) is 2. The van der Waals surface area contributed by atoms with Gasteiger partial charge in [-0.3, -0.25) is 9.59 Å². The number of rotatable bonds is 6. The van der Waals surface area contributed by atoms with Crippen LogP contribution < -0.4 is 15.5 Å². The van der Waals surface area contributed by atoms with Crippen molar-refractivity contribution in [2.24, 2.45) is 0 Å². The number of aromatic nitrogens is 1. The number of benzene rings is 2. The van der Waals surface area contributed by atoms with Crippen LogP contribution in [-0.4, -0.2) is 29.9 Å². The molecule has 2 N–H and O–H groups in total. The Hall–Kier alpha value is -3.67. The van der Waals surface area contributed by atoms with Crippen LogP contribution in [0.15, 0.2) is 66.9 Å². The molecule has 6 heteroatoms. The van der Waals surface area contributed by atoms with Crippen LogP contribution in [0.2, 0.25) is 0 Å². The zero-order valence-corrected chi connectivity index (χ0v) is 17.6. The van der Waals surface area contributed by atoms with Crippen molar-refractivity contribution in [3.05, 3.63) is 89.1 Å². The third kappa shape index (κ3) is 5.28. The second-order valence-corrected chi connectivity index (χ2v) is 7.80. The second kappa shape index (κ2) is 9.43. The van der Waals surface area contributed by atoms with Gasteiger partial charge in [0.2, 0.25) is 0 Å². The maximum Gasteiger partial charge on any atom is 0.255 e. The van der Waals surface area contributed by atoms with Crippen molar-refractivity contribution in [3.8, 4) is 0 Å². The maximum absolute atomic E-state index is 12.5. The van der Waals surface area contributed by atoms with Gasteiger partial charge >= 0.3 is 0 Å². The van der Waals surface area contributed by atoms with Crippen molar-refractivity contribution < 1.29 is 9.59 Å². The lowest BCUT2D eigenvalue weighted by Crippen LogP contribution is -2.23. The molecular weight excluding hydrogens is 388 g/mol. The van der Waals surface area contributed by atoms with Gasteiger partial charge in [0.25, 0.3) is 11.8 Å². The molecule has 6 nitrogen and oxygen atoms in total. The molecule has 3 aromatic rings. The minimum absolute atomic E-state index is 0.171. The van der Waals surface area contributed by atoms with Crippen LogP contribution in [0, 0.1) is 6.92 Å². The third-order valence-corrected chi connectivity index (χ3v) is 5.38. The molecule has 0 aliphatic carbocycles. The Morgan fingerprint density at radius 3 is 2.29 bits per heavy atom. The van der Waals surface area contributed by atoms with E-state index in [0.717, 1.165) is 30.0 Å². The lowest BCUT2D eigenvalue weighted by atomic mass is 10.1. The number of hydrogen-bond donors (Lipinski definition) is 2. The predicted octanol–water partition coefficient (Wildman–Crippen LogP) is 4.17. The monoisotopic (exact) mass is 414 g/mol. The highest BCUT2D eigenvalue weighted by Crippen LogP contribution is 2.19. The van der Waals surface area contributed by atoms with Gasteiger partial charge < -0.3 is 15.5 Å². The maximum atomic E-state index is 12.5. The lowest BCUT2D eigenvalue weighted by molar-refractivity contribution is 0.0949. The Morgan fingerprint density at radius 2 is 1.65 bits per heavy atom. The van der Waals surface area contributed by atoms with Gasteiger partial charge in [-0.05, 0) is 61.7 Å². The van der Waals surface area contributed by atoms with Crippen LogP contribution in [0.25, 0.3) is 0 Å². The summed E-state index contributed by atoms with van der Waals surface area (Å²) in [7, 11) is 0. The number of pyridine rings is 1. The summed E-state index contributed by atoms with van der Waals surface area (Å²) >= 11 is 0. The molecule has 0 radical (unpaired) electrons. The topological polar surface area (TPSA) is 74.3 Å². The molecule has 31 heavy (non-hydrogen) atoms. The fourth-order valence-corrected chi connectivity index (χ4v) is 3.68. The van der Waals surface area contributed by atoms with Crippen molar-refractivity contribution in [3.63, 3.8) is 0 Å². The number of carbonyl (C=O) groups is 2. The minimum atomic E-state index is -0.234. The lowest BCUT2D eigenvalue weighted by Gasteiger charge is -2.16. The summed E-state index contributed by atoms with van der Waals surface area (Å²) in [6, 6.07) is 18.4. The van der Waals surface area contributed by atoms with Crippen molar-refractivity contribution in [1.82, 2.24) is 10.3 Å². The Kier molecular flexibility index (Phi) is 6.26. The summed E-state index contributed by atoms with van der Waals surface area (Å²) in [6.07, 6.45) is 4.07. The van der Waals surface area contributed by atoms with Crippen LogP contribution in [-0.2, 0) is 6.54 Å². The zero-order chi connectivity index (χ0) is 21.6. The smallest absolute Gasteiger partial charge is 0.255 e. The van der Waals surface area contributed by atoms with E-state index in [0.29, 0.717) is 23.4 Å². The standard InChI is InChI=1S/C25H26N4O2/c1-18-5-4-6-19(15-18)16-27-24(30)20-7-9-21(10-8-20)25(31)28-22-11-12-23(26-17-22)29-13-2-3-14-29/h4-12,15,17H,2-3,13-14,16H2,1H3,(H,27,30)(H,28,31). The van der Waals surface area contributed by atoms with Gasteiger partial charge in [0.15, 0.2) is 0 Å². The van der Waals surface area contributed by atoms with Crippen LogP contribution >= 0.6 is 0 Å². The molecule has 1 aliphatic rings. The molecule has 1 aliphatic heterocycles. The molecule has 2 amide bonds. The third-order valence-electron chi connectivity index (χ3n) is 5.38. The van der Waals surface area contributed by atoms with Gasteiger partial charge in [0, 0.05) is 30.8 Å². The summed E-state index contributed by atoms with van der Waals surface area (Å²) in [4.78, 5) is 31.6. The normalized spacial score (nSPS) is 13.1. The minimum Gasteiger partial charge on any atom is -0.357 e. The number of amides is 2. The van der Waals surface area contributed by atoms with E-state index in [9.17, 15) is 9.59 Å². The van der Waals surface area contributed by atoms with Gasteiger partial charge in [-0.1, -0.05) is 29.8 Å². The number of nitrogens with zero attached hydrogens (tertiary/aromatic N) is 2. The van der Waals surface area contributed by atoms with Gasteiger partial charge in [0.05, 0.1) is 11.9 Å². The zero-order valence-electron chi connectivity index (χ0n) is 17.6. The molecule has 1 aromatic heterocycles. The highest BCUT2D eigenvalue weighted by molar-refractivity contribution is 6.05. The molecule has 1 fully saturated rings. The highest BCUT2D eigenvalue weighted by atomic mass is 16.2. The summed E-state index contributed by atoms with van der Waals surface area (Å²) in [6.45, 7) is 4.55. The first kappa shape index (κ1) is 20.6.